The lowest BCUT2D eigenvalue weighted by atomic mass is 9.71. The minimum absolute atomic E-state index is 0.0159. The van der Waals surface area contributed by atoms with Crippen molar-refractivity contribution in [3.63, 3.8) is 0 Å². The van der Waals surface area contributed by atoms with Gasteiger partial charge in [-0.3, -0.25) is 4.79 Å². The van der Waals surface area contributed by atoms with Crippen LogP contribution in [0, 0.1) is 0 Å². The normalized spacial score (nSPS) is 24.3. The van der Waals surface area contributed by atoms with E-state index in [9.17, 15) is 4.79 Å². The first-order valence-electron chi connectivity index (χ1n) is 9.27. The van der Waals surface area contributed by atoms with Crippen molar-refractivity contribution in [2.24, 2.45) is 0 Å². The van der Waals surface area contributed by atoms with E-state index in [2.05, 4.69) is 12.2 Å². The predicted molar refractivity (Wildman–Crippen MR) is 97.0 cm³/mol. The van der Waals surface area contributed by atoms with Crippen molar-refractivity contribution in [3.05, 3.63) is 47.5 Å². The molecule has 0 aliphatic carbocycles. The van der Waals surface area contributed by atoms with E-state index < -0.39 is 5.41 Å². The van der Waals surface area contributed by atoms with E-state index in [0.29, 0.717) is 11.5 Å². The maximum Gasteiger partial charge on any atom is 0.243 e. The van der Waals surface area contributed by atoms with Gasteiger partial charge in [0, 0.05) is 17.3 Å². The second-order valence-corrected chi connectivity index (χ2v) is 7.11. The molecule has 0 aromatic heterocycles. The maximum atomic E-state index is 13.3. The molecule has 3 aliphatic rings. The average Bonchev–Trinajstić information content (AvgIpc) is 3.30. The third kappa shape index (κ3) is 1.94. The zero-order valence-electron chi connectivity index (χ0n) is 14.7. The van der Waals surface area contributed by atoms with E-state index in [1.165, 1.54) is 0 Å². The van der Waals surface area contributed by atoms with Gasteiger partial charge in [-0.2, -0.15) is 0 Å². The van der Waals surface area contributed by atoms with Crippen LogP contribution in [0.1, 0.15) is 43.7 Å². The Bertz CT molecular complexity index is 894. The van der Waals surface area contributed by atoms with Gasteiger partial charge in [0.15, 0.2) is 11.5 Å². The molecule has 3 heterocycles. The largest absolute Gasteiger partial charge is 0.488 e. The lowest BCUT2D eigenvalue weighted by molar-refractivity contribution is -0.121. The smallest absolute Gasteiger partial charge is 0.243 e. The third-order valence-electron chi connectivity index (χ3n) is 5.68. The summed E-state index contributed by atoms with van der Waals surface area (Å²) in [4.78, 5) is 13.3. The molecule has 5 nitrogen and oxygen atoms in total. The topological polar surface area (TPSA) is 56.8 Å². The SMILES string of the molecule is CCCCCC1Oc2cc3c(cc2C12C(=O)Nc1ccccc12)OCO3. The summed E-state index contributed by atoms with van der Waals surface area (Å²) < 4.78 is 17.4. The minimum atomic E-state index is -0.819. The van der Waals surface area contributed by atoms with E-state index in [1.54, 1.807) is 0 Å². The molecule has 1 spiro atoms. The Morgan fingerprint density at radius 2 is 1.88 bits per heavy atom. The van der Waals surface area contributed by atoms with Gasteiger partial charge < -0.3 is 19.5 Å². The summed E-state index contributed by atoms with van der Waals surface area (Å²) in [7, 11) is 0. The van der Waals surface area contributed by atoms with Crippen LogP contribution in [0.4, 0.5) is 5.69 Å². The Balaban J connectivity index is 1.69. The predicted octanol–water partition coefficient (Wildman–Crippen LogP) is 3.99. The molecule has 3 aliphatic heterocycles. The molecule has 2 atom stereocenters. The number of para-hydroxylation sites is 1. The fourth-order valence-electron chi connectivity index (χ4n) is 4.47. The highest BCUT2D eigenvalue weighted by molar-refractivity contribution is 6.10. The fraction of sp³-hybridized carbons (Fsp3) is 0.381. The van der Waals surface area contributed by atoms with Gasteiger partial charge in [0.2, 0.25) is 12.7 Å². The van der Waals surface area contributed by atoms with Gasteiger partial charge in [0.25, 0.3) is 0 Å². The van der Waals surface area contributed by atoms with Gasteiger partial charge in [0.05, 0.1) is 0 Å². The van der Waals surface area contributed by atoms with Gasteiger partial charge in [-0.25, -0.2) is 0 Å². The quantitative estimate of drug-likeness (QED) is 0.846. The van der Waals surface area contributed by atoms with Crippen LogP contribution in [0.5, 0.6) is 17.2 Å². The van der Waals surface area contributed by atoms with Crippen LogP contribution >= 0.6 is 0 Å². The number of rotatable bonds is 4. The van der Waals surface area contributed by atoms with Gasteiger partial charge >= 0.3 is 0 Å². The van der Waals surface area contributed by atoms with Gasteiger partial charge in [-0.15, -0.1) is 0 Å². The van der Waals surface area contributed by atoms with Gasteiger partial charge in [-0.05, 0) is 30.5 Å². The van der Waals surface area contributed by atoms with Gasteiger partial charge in [0.1, 0.15) is 17.3 Å². The number of unbranched alkanes of at least 4 members (excludes halogenated alkanes) is 2. The lowest BCUT2D eigenvalue weighted by Crippen LogP contribution is -2.45. The Morgan fingerprint density at radius 1 is 1.08 bits per heavy atom. The fourth-order valence-corrected chi connectivity index (χ4v) is 4.47. The lowest BCUT2D eigenvalue weighted by Gasteiger charge is -2.28. The summed E-state index contributed by atoms with van der Waals surface area (Å²) in [6.07, 6.45) is 3.88. The Hall–Kier alpha value is -2.69. The Morgan fingerprint density at radius 3 is 2.73 bits per heavy atom. The molecule has 5 rings (SSSR count). The minimum Gasteiger partial charge on any atom is -0.488 e. The number of hydrogen-bond acceptors (Lipinski definition) is 4. The summed E-state index contributed by atoms with van der Waals surface area (Å²) >= 11 is 0. The first kappa shape index (κ1) is 15.6. The summed E-state index contributed by atoms with van der Waals surface area (Å²) in [5.41, 5.74) is 1.92. The number of ether oxygens (including phenoxy) is 3. The molecule has 0 fully saturated rings. The molecule has 2 aromatic rings. The van der Waals surface area contributed by atoms with Crippen molar-refractivity contribution < 1.29 is 19.0 Å². The Labute approximate surface area is 152 Å². The van der Waals surface area contributed by atoms with E-state index >= 15 is 0 Å². The van der Waals surface area contributed by atoms with E-state index in [-0.39, 0.29) is 18.8 Å². The number of nitrogens with one attached hydrogen (secondary N) is 1. The first-order chi connectivity index (χ1) is 12.7. The molecule has 0 saturated heterocycles. The zero-order valence-corrected chi connectivity index (χ0v) is 14.7. The van der Waals surface area contributed by atoms with Crippen LogP contribution in [0.3, 0.4) is 0 Å². The molecule has 0 bridgehead atoms. The second-order valence-electron chi connectivity index (χ2n) is 7.11. The van der Waals surface area contributed by atoms with E-state index in [4.69, 9.17) is 14.2 Å². The van der Waals surface area contributed by atoms with Crippen molar-refractivity contribution in [1.82, 2.24) is 0 Å². The summed E-state index contributed by atoms with van der Waals surface area (Å²) in [6.45, 7) is 2.38. The first-order valence-corrected chi connectivity index (χ1v) is 9.27. The number of carbonyl (C=O) groups excluding carboxylic acids is 1. The summed E-state index contributed by atoms with van der Waals surface area (Å²) in [6, 6.07) is 11.7. The molecule has 1 N–H and O–H groups in total. The van der Waals surface area contributed by atoms with E-state index in [1.807, 2.05) is 36.4 Å². The molecule has 2 unspecified atom stereocenters. The average molecular weight is 351 g/mol. The van der Waals surface area contributed by atoms with Crippen LogP contribution in [0.15, 0.2) is 36.4 Å². The van der Waals surface area contributed by atoms with Crippen LogP contribution < -0.4 is 19.5 Å². The van der Waals surface area contributed by atoms with E-state index in [0.717, 1.165) is 48.2 Å². The zero-order chi connectivity index (χ0) is 17.7. The van der Waals surface area contributed by atoms with Crippen LogP contribution in [0.2, 0.25) is 0 Å². The number of benzene rings is 2. The molecular formula is C21H21NO4. The maximum absolute atomic E-state index is 13.3. The third-order valence-corrected chi connectivity index (χ3v) is 5.68. The second kappa shape index (κ2) is 5.66. The molecule has 0 saturated carbocycles. The number of carbonyl (C=O) groups is 1. The number of fused-ring (bicyclic) bond motifs is 5. The highest BCUT2D eigenvalue weighted by Crippen LogP contribution is 2.56. The molecule has 2 aromatic carbocycles. The van der Waals surface area contributed by atoms with Crippen molar-refractivity contribution >= 4 is 11.6 Å². The molecule has 26 heavy (non-hydrogen) atoms. The number of anilines is 1. The van der Waals surface area contributed by atoms with Crippen molar-refractivity contribution in [2.75, 3.05) is 12.1 Å². The number of amides is 1. The van der Waals surface area contributed by atoms with Crippen molar-refractivity contribution in [1.29, 1.82) is 0 Å². The van der Waals surface area contributed by atoms with Crippen LogP contribution in [-0.2, 0) is 10.2 Å². The summed E-state index contributed by atoms with van der Waals surface area (Å²) in [5, 5.41) is 3.07. The molecule has 1 amide bonds. The highest BCUT2D eigenvalue weighted by Gasteiger charge is 2.60. The highest BCUT2D eigenvalue weighted by atomic mass is 16.7. The van der Waals surface area contributed by atoms with Crippen LogP contribution in [-0.4, -0.2) is 18.8 Å². The monoisotopic (exact) mass is 351 g/mol. The van der Waals surface area contributed by atoms with Crippen LogP contribution in [0.25, 0.3) is 0 Å². The van der Waals surface area contributed by atoms with Crippen molar-refractivity contribution in [2.45, 2.75) is 44.1 Å². The van der Waals surface area contributed by atoms with Crippen molar-refractivity contribution in [3.8, 4) is 17.2 Å². The standard InChI is InChI=1S/C21H21NO4/c1-2-3-4-9-19-21(13-7-5-6-8-15(13)22-20(21)23)14-10-17-18(25-12-24-17)11-16(14)26-19/h5-8,10-11,19H,2-4,9,12H2,1H3,(H,22,23). The molecule has 5 heteroatoms. The summed E-state index contributed by atoms with van der Waals surface area (Å²) in [5.74, 6) is 2.07. The molecule has 0 radical (unpaired) electrons. The number of hydrogen-bond donors (Lipinski definition) is 1. The molecular weight excluding hydrogens is 330 g/mol. The Kier molecular flexibility index (Phi) is 3.39. The molecule has 134 valence electrons. The van der Waals surface area contributed by atoms with Gasteiger partial charge in [-0.1, -0.05) is 38.0 Å².